The van der Waals surface area contributed by atoms with Crippen molar-refractivity contribution >= 4 is 23.5 Å². The van der Waals surface area contributed by atoms with Crippen molar-refractivity contribution in [2.75, 3.05) is 44.8 Å². The van der Waals surface area contributed by atoms with E-state index < -0.39 is 0 Å². The van der Waals surface area contributed by atoms with Crippen molar-refractivity contribution in [2.45, 2.75) is 18.2 Å². The first kappa shape index (κ1) is 17.6. The maximum Gasteiger partial charge on any atom is 0.321 e. The average molecular weight is 332 g/mol. The largest absolute Gasteiger partial charge is 0.324 e. The second-order valence-electron chi connectivity index (χ2n) is 5.91. The van der Waals surface area contributed by atoms with Gasteiger partial charge in [-0.1, -0.05) is 6.92 Å². The van der Waals surface area contributed by atoms with E-state index in [9.17, 15) is 4.79 Å². The molecule has 1 fully saturated rings. The lowest BCUT2D eigenvalue weighted by molar-refractivity contribution is 0.218. The zero-order chi connectivity index (χ0) is 16.8. The summed E-state index contributed by atoms with van der Waals surface area (Å²) in [5, 5.41) is 12.0. The van der Waals surface area contributed by atoms with Gasteiger partial charge in [0.15, 0.2) is 0 Å². The van der Waals surface area contributed by atoms with Crippen LogP contribution in [0.15, 0.2) is 23.1 Å². The smallest absolute Gasteiger partial charge is 0.321 e. The SMILES string of the molecule is CCN(C)C[C@@H]1CCN(C(=O)Nc2cc(C#N)ccc2SC)C1. The van der Waals surface area contributed by atoms with Gasteiger partial charge in [0.2, 0.25) is 0 Å². The van der Waals surface area contributed by atoms with Crippen LogP contribution in [0.1, 0.15) is 18.9 Å². The average Bonchev–Trinajstić information content (AvgIpc) is 3.03. The van der Waals surface area contributed by atoms with E-state index in [4.69, 9.17) is 5.26 Å². The van der Waals surface area contributed by atoms with E-state index in [0.29, 0.717) is 11.5 Å². The van der Waals surface area contributed by atoms with Gasteiger partial charge in [0.1, 0.15) is 0 Å². The minimum absolute atomic E-state index is 0.0722. The third-order valence-corrected chi connectivity index (χ3v) is 5.05. The summed E-state index contributed by atoms with van der Waals surface area (Å²) in [4.78, 5) is 17.6. The van der Waals surface area contributed by atoms with Crippen molar-refractivity contribution in [3.63, 3.8) is 0 Å². The lowest BCUT2D eigenvalue weighted by Crippen LogP contribution is -2.34. The fourth-order valence-corrected chi connectivity index (χ4v) is 3.34. The summed E-state index contributed by atoms with van der Waals surface area (Å²) in [6.07, 6.45) is 3.01. The Kier molecular flexibility index (Phi) is 6.31. The molecule has 0 unspecified atom stereocenters. The van der Waals surface area contributed by atoms with Crippen LogP contribution in [-0.4, -0.2) is 55.3 Å². The van der Waals surface area contributed by atoms with Gasteiger partial charge in [0, 0.05) is 24.5 Å². The minimum atomic E-state index is -0.0722. The number of nitrogens with zero attached hydrogens (tertiary/aromatic N) is 3. The van der Waals surface area contributed by atoms with E-state index in [-0.39, 0.29) is 6.03 Å². The number of nitrogens with one attached hydrogen (secondary N) is 1. The van der Waals surface area contributed by atoms with Gasteiger partial charge in [-0.05, 0) is 50.4 Å². The first-order valence-electron chi connectivity index (χ1n) is 7.90. The molecular weight excluding hydrogens is 308 g/mol. The number of carbonyl (C=O) groups excluding carboxylic acids is 1. The summed E-state index contributed by atoms with van der Waals surface area (Å²) in [7, 11) is 2.11. The second-order valence-corrected chi connectivity index (χ2v) is 6.76. The highest BCUT2D eigenvalue weighted by Crippen LogP contribution is 2.27. The first-order valence-corrected chi connectivity index (χ1v) is 9.12. The summed E-state index contributed by atoms with van der Waals surface area (Å²) >= 11 is 1.56. The van der Waals surface area contributed by atoms with Crippen LogP contribution in [0.4, 0.5) is 10.5 Å². The maximum absolute atomic E-state index is 12.5. The molecule has 0 bridgehead atoms. The predicted octanol–water partition coefficient (Wildman–Crippen LogP) is 3.09. The van der Waals surface area contributed by atoms with Gasteiger partial charge in [-0.3, -0.25) is 0 Å². The van der Waals surface area contributed by atoms with E-state index in [2.05, 4.69) is 30.3 Å². The van der Waals surface area contributed by atoms with Crippen molar-refractivity contribution in [2.24, 2.45) is 5.92 Å². The summed E-state index contributed by atoms with van der Waals surface area (Å²) in [6.45, 7) is 5.79. The van der Waals surface area contributed by atoms with Crippen molar-refractivity contribution < 1.29 is 4.79 Å². The molecule has 23 heavy (non-hydrogen) atoms. The summed E-state index contributed by atoms with van der Waals surface area (Å²) in [6, 6.07) is 7.43. The maximum atomic E-state index is 12.5. The van der Waals surface area contributed by atoms with Gasteiger partial charge in [-0.25, -0.2) is 4.79 Å². The monoisotopic (exact) mass is 332 g/mol. The third-order valence-electron chi connectivity index (χ3n) is 4.25. The van der Waals surface area contributed by atoms with Crippen molar-refractivity contribution in [1.29, 1.82) is 5.26 Å². The van der Waals surface area contributed by atoms with Crippen LogP contribution >= 0.6 is 11.8 Å². The molecule has 124 valence electrons. The van der Waals surface area contributed by atoms with E-state index >= 15 is 0 Å². The minimum Gasteiger partial charge on any atom is -0.324 e. The molecule has 2 rings (SSSR count). The molecule has 1 atom stereocenters. The molecule has 1 saturated heterocycles. The van der Waals surface area contributed by atoms with Gasteiger partial charge in [0.25, 0.3) is 0 Å². The molecule has 5 nitrogen and oxygen atoms in total. The van der Waals surface area contributed by atoms with Crippen LogP contribution in [0.25, 0.3) is 0 Å². The predicted molar refractivity (Wildman–Crippen MR) is 94.8 cm³/mol. The highest BCUT2D eigenvalue weighted by molar-refractivity contribution is 7.98. The molecule has 0 spiro atoms. The number of anilines is 1. The van der Waals surface area contributed by atoms with Crippen LogP contribution in [0.2, 0.25) is 0 Å². The van der Waals surface area contributed by atoms with E-state index in [1.165, 1.54) is 0 Å². The van der Waals surface area contributed by atoms with E-state index in [1.54, 1.807) is 23.9 Å². The number of likely N-dealkylation sites (tertiary alicyclic amines) is 1. The lowest BCUT2D eigenvalue weighted by atomic mass is 10.1. The summed E-state index contributed by atoms with van der Waals surface area (Å²) in [5.74, 6) is 0.538. The number of urea groups is 1. The highest BCUT2D eigenvalue weighted by Gasteiger charge is 2.27. The van der Waals surface area contributed by atoms with Crippen molar-refractivity contribution in [3.05, 3.63) is 23.8 Å². The Morgan fingerprint density at radius 3 is 3.00 bits per heavy atom. The number of benzene rings is 1. The van der Waals surface area contributed by atoms with Crippen LogP contribution in [0.3, 0.4) is 0 Å². The van der Waals surface area contributed by atoms with Crippen molar-refractivity contribution in [3.8, 4) is 6.07 Å². The number of amides is 2. The Morgan fingerprint density at radius 2 is 2.35 bits per heavy atom. The molecule has 1 aromatic carbocycles. The third kappa shape index (κ3) is 4.63. The standard InChI is InChI=1S/C17H24N4OS/c1-4-20(2)11-14-7-8-21(12-14)17(22)19-15-9-13(10-18)5-6-16(15)23-3/h5-6,9,14H,4,7-8,11-12H2,1-3H3,(H,19,22)/t14-/m0/s1. The first-order chi connectivity index (χ1) is 11.1. The molecule has 1 aliphatic rings. The number of hydrogen-bond acceptors (Lipinski definition) is 4. The summed E-state index contributed by atoms with van der Waals surface area (Å²) in [5.41, 5.74) is 1.28. The Bertz CT molecular complexity index is 599. The molecule has 6 heteroatoms. The van der Waals surface area contributed by atoms with Gasteiger partial charge in [-0.15, -0.1) is 11.8 Å². The molecule has 1 heterocycles. The number of carbonyl (C=O) groups is 1. The molecule has 0 aromatic heterocycles. The molecule has 1 aromatic rings. The molecular formula is C17H24N4OS. The number of hydrogen-bond donors (Lipinski definition) is 1. The zero-order valence-corrected chi connectivity index (χ0v) is 14.8. The van der Waals surface area contributed by atoms with Crippen LogP contribution < -0.4 is 5.32 Å². The Labute approximate surface area is 142 Å². The number of nitriles is 1. The van der Waals surface area contributed by atoms with E-state index in [1.807, 2.05) is 17.2 Å². The van der Waals surface area contributed by atoms with Crippen LogP contribution in [0.5, 0.6) is 0 Å². The normalized spacial score (nSPS) is 17.3. The highest BCUT2D eigenvalue weighted by atomic mass is 32.2. The van der Waals surface area contributed by atoms with Gasteiger partial charge < -0.3 is 15.1 Å². The van der Waals surface area contributed by atoms with Gasteiger partial charge in [-0.2, -0.15) is 5.26 Å². The fraction of sp³-hybridized carbons (Fsp3) is 0.529. The number of thioether (sulfide) groups is 1. The zero-order valence-electron chi connectivity index (χ0n) is 14.0. The van der Waals surface area contributed by atoms with Gasteiger partial charge in [0.05, 0.1) is 17.3 Å². The van der Waals surface area contributed by atoms with Crippen LogP contribution in [0, 0.1) is 17.2 Å². The second kappa shape index (κ2) is 8.23. The molecule has 2 amide bonds. The quantitative estimate of drug-likeness (QED) is 0.842. The van der Waals surface area contributed by atoms with Crippen molar-refractivity contribution in [1.82, 2.24) is 9.80 Å². The Hall–Kier alpha value is -1.71. The van der Waals surface area contributed by atoms with E-state index in [0.717, 1.165) is 43.2 Å². The molecule has 0 aliphatic carbocycles. The number of rotatable bonds is 5. The Morgan fingerprint density at radius 1 is 1.57 bits per heavy atom. The lowest BCUT2D eigenvalue weighted by Gasteiger charge is -2.21. The molecule has 0 saturated carbocycles. The molecule has 1 aliphatic heterocycles. The van der Waals surface area contributed by atoms with Crippen LogP contribution in [-0.2, 0) is 0 Å². The topological polar surface area (TPSA) is 59.4 Å². The Balaban J connectivity index is 1.99. The molecule has 0 radical (unpaired) electrons. The summed E-state index contributed by atoms with van der Waals surface area (Å²) < 4.78 is 0. The fourth-order valence-electron chi connectivity index (χ4n) is 2.81. The van der Waals surface area contributed by atoms with Gasteiger partial charge >= 0.3 is 6.03 Å². The molecule has 1 N–H and O–H groups in total.